The van der Waals surface area contributed by atoms with Crippen LogP contribution in [-0.4, -0.2) is 30.1 Å². The van der Waals surface area contributed by atoms with Crippen molar-refractivity contribution in [1.82, 2.24) is 4.98 Å². The van der Waals surface area contributed by atoms with Crippen molar-refractivity contribution in [3.05, 3.63) is 54.4 Å². The van der Waals surface area contributed by atoms with Crippen molar-refractivity contribution in [1.29, 1.82) is 0 Å². The van der Waals surface area contributed by atoms with Gasteiger partial charge in [-0.3, -0.25) is 9.78 Å². The molecule has 0 unspecified atom stereocenters. The van der Waals surface area contributed by atoms with Crippen LogP contribution in [0, 0.1) is 0 Å². The van der Waals surface area contributed by atoms with Gasteiger partial charge >= 0.3 is 5.97 Å². The molecule has 0 fully saturated rings. The number of nitrogens with zero attached hydrogens (tertiary/aromatic N) is 1. The first-order chi connectivity index (χ1) is 10.6. The average molecular weight is 300 g/mol. The lowest BCUT2D eigenvalue weighted by atomic mass is 10.2. The van der Waals surface area contributed by atoms with Gasteiger partial charge in [0.15, 0.2) is 6.10 Å². The molecule has 0 bridgehead atoms. The smallest absolute Gasteiger partial charge is 0.339 e. The molecule has 0 aliphatic rings. The van der Waals surface area contributed by atoms with E-state index in [0.29, 0.717) is 17.0 Å². The number of benzene rings is 1. The zero-order valence-corrected chi connectivity index (χ0v) is 12.3. The average Bonchev–Trinajstić information content (AvgIpc) is 2.56. The zero-order chi connectivity index (χ0) is 15.9. The summed E-state index contributed by atoms with van der Waals surface area (Å²) in [5, 5.41) is 2.66. The second-order valence-corrected chi connectivity index (χ2v) is 4.47. The summed E-state index contributed by atoms with van der Waals surface area (Å²) in [5.41, 5.74) is 0.855. The maximum absolute atomic E-state index is 12.1. The van der Waals surface area contributed by atoms with Gasteiger partial charge < -0.3 is 14.8 Å². The number of nitrogens with one attached hydrogen (secondary N) is 1. The van der Waals surface area contributed by atoms with Gasteiger partial charge in [0.2, 0.25) is 0 Å². The molecule has 0 aliphatic carbocycles. The monoisotopic (exact) mass is 300 g/mol. The molecular weight excluding hydrogens is 284 g/mol. The maximum atomic E-state index is 12.1. The van der Waals surface area contributed by atoms with Crippen molar-refractivity contribution in [3.8, 4) is 5.75 Å². The Kier molecular flexibility index (Phi) is 5.08. The van der Waals surface area contributed by atoms with Crippen LogP contribution in [0.2, 0.25) is 0 Å². The fraction of sp³-hybridized carbons (Fsp3) is 0.188. The van der Waals surface area contributed by atoms with Crippen molar-refractivity contribution in [2.24, 2.45) is 0 Å². The normalized spacial score (nSPS) is 11.4. The highest BCUT2D eigenvalue weighted by atomic mass is 16.5. The third kappa shape index (κ3) is 3.82. The van der Waals surface area contributed by atoms with E-state index in [1.807, 2.05) is 0 Å². The second-order valence-electron chi connectivity index (χ2n) is 4.47. The minimum absolute atomic E-state index is 0.340. The fourth-order valence-corrected chi connectivity index (χ4v) is 1.75. The molecule has 6 nitrogen and oxygen atoms in total. The van der Waals surface area contributed by atoms with Gasteiger partial charge in [0.1, 0.15) is 5.75 Å². The molecule has 6 heteroatoms. The van der Waals surface area contributed by atoms with E-state index in [9.17, 15) is 9.59 Å². The van der Waals surface area contributed by atoms with Crippen molar-refractivity contribution >= 4 is 17.6 Å². The van der Waals surface area contributed by atoms with Gasteiger partial charge in [-0.25, -0.2) is 4.79 Å². The molecule has 114 valence electrons. The number of carbonyl (C=O) groups excluding carboxylic acids is 2. The molecule has 0 saturated carbocycles. The quantitative estimate of drug-likeness (QED) is 0.857. The highest BCUT2D eigenvalue weighted by molar-refractivity contribution is 5.98. The number of carbonyl (C=O) groups is 2. The van der Waals surface area contributed by atoms with E-state index in [1.54, 1.807) is 24.3 Å². The predicted octanol–water partition coefficient (Wildman–Crippen LogP) is 2.27. The Hall–Kier alpha value is -2.89. The number of pyridine rings is 1. The van der Waals surface area contributed by atoms with Gasteiger partial charge in [-0.05, 0) is 31.2 Å². The van der Waals surface area contributed by atoms with E-state index in [4.69, 9.17) is 9.47 Å². The molecule has 1 atom stereocenters. The van der Waals surface area contributed by atoms with Crippen LogP contribution in [0.4, 0.5) is 5.69 Å². The molecule has 2 aromatic rings. The van der Waals surface area contributed by atoms with Crippen LogP contribution >= 0.6 is 0 Å². The van der Waals surface area contributed by atoms with Crippen molar-refractivity contribution in [2.45, 2.75) is 13.0 Å². The van der Waals surface area contributed by atoms with Crippen molar-refractivity contribution in [3.63, 3.8) is 0 Å². The van der Waals surface area contributed by atoms with Gasteiger partial charge in [-0.2, -0.15) is 0 Å². The van der Waals surface area contributed by atoms with Gasteiger partial charge in [-0.15, -0.1) is 0 Å². The Morgan fingerprint density at radius 1 is 1.14 bits per heavy atom. The van der Waals surface area contributed by atoms with E-state index < -0.39 is 18.0 Å². The Labute approximate surface area is 128 Å². The number of para-hydroxylation sites is 2. The van der Waals surface area contributed by atoms with Crippen LogP contribution in [0.3, 0.4) is 0 Å². The molecule has 0 saturated heterocycles. The third-order valence-electron chi connectivity index (χ3n) is 2.93. The SMILES string of the molecule is COc1ccccc1NC(=O)[C@H](C)OC(=O)c1ccncc1. The molecule has 1 aromatic carbocycles. The summed E-state index contributed by atoms with van der Waals surface area (Å²) >= 11 is 0. The second kappa shape index (κ2) is 7.21. The number of rotatable bonds is 5. The fourth-order valence-electron chi connectivity index (χ4n) is 1.75. The Balaban J connectivity index is 1.99. The maximum Gasteiger partial charge on any atom is 0.339 e. The number of methoxy groups -OCH3 is 1. The summed E-state index contributed by atoms with van der Waals surface area (Å²) in [6.45, 7) is 1.50. The van der Waals surface area contributed by atoms with Crippen molar-refractivity contribution in [2.75, 3.05) is 12.4 Å². The van der Waals surface area contributed by atoms with E-state index in [-0.39, 0.29) is 0 Å². The lowest BCUT2D eigenvalue weighted by Gasteiger charge is -2.15. The molecule has 1 N–H and O–H groups in total. The molecule has 0 radical (unpaired) electrons. The van der Waals surface area contributed by atoms with Gasteiger partial charge in [-0.1, -0.05) is 12.1 Å². The summed E-state index contributed by atoms with van der Waals surface area (Å²) < 4.78 is 10.3. The Bertz CT molecular complexity index is 658. The van der Waals surface area contributed by atoms with E-state index in [2.05, 4.69) is 10.3 Å². The van der Waals surface area contributed by atoms with Crippen LogP contribution in [0.25, 0.3) is 0 Å². The number of aromatic nitrogens is 1. The minimum atomic E-state index is -0.939. The lowest BCUT2D eigenvalue weighted by molar-refractivity contribution is -0.123. The van der Waals surface area contributed by atoms with Gasteiger partial charge in [0.25, 0.3) is 5.91 Å². The standard InChI is InChI=1S/C16H16N2O4/c1-11(22-16(20)12-7-9-17-10-8-12)15(19)18-13-5-3-4-6-14(13)21-2/h3-11H,1-2H3,(H,18,19)/t11-/m0/s1. The summed E-state index contributed by atoms with van der Waals surface area (Å²) in [4.78, 5) is 27.8. The molecule has 0 aliphatic heterocycles. The van der Waals surface area contributed by atoms with Crippen LogP contribution in [0.15, 0.2) is 48.8 Å². The molecule has 22 heavy (non-hydrogen) atoms. The van der Waals surface area contributed by atoms with Crippen molar-refractivity contribution < 1.29 is 19.1 Å². The topological polar surface area (TPSA) is 77.5 Å². The summed E-state index contributed by atoms with van der Waals surface area (Å²) in [5.74, 6) is -0.486. The first-order valence-corrected chi connectivity index (χ1v) is 6.66. The predicted molar refractivity (Wildman–Crippen MR) is 80.7 cm³/mol. The minimum Gasteiger partial charge on any atom is -0.495 e. The molecule has 1 aromatic heterocycles. The summed E-state index contributed by atoms with van der Waals surface area (Å²) in [7, 11) is 1.51. The number of hydrogen-bond donors (Lipinski definition) is 1. The summed E-state index contributed by atoms with van der Waals surface area (Å²) in [6, 6.07) is 10.0. The largest absolute Gasteiger partial charge is 0.495 e. The Morgan fingerprint density at radius 2 is 1.82 bits per heavy atom. The van der Waals surface area contributed by atoms with Gasteiger partial charge in [0, 0.05) is 12.4 Å². The lowest BCUT2D eigenvalue weighted by Crippen LogP contribution is -2.30. The molecule has 0 spiro atoms. The zero-order valence-electron chi connectivity index (χ0n) is 12.3. The van der Waals surface area contributed by atoms with E-state index in [0.717, 1.165) is 0 Å². The number of esters is 1. The van der Waals surface area contributed by atoms with Crippen LogP contribution in [-0.2, 0) is 9.53 Å². The first-order valence-electron chi connectivity index (χ1n) is 6.66. The Morgan fingerprint density at radius 3 is 2.50 bits per heavy atom. The van der Waals surface area contributed by atoms with E-state index in [1.165, 1.54) is 38.6 Å². The van der Waals surface area contributed by atoms with Gasteiger partial charge in [0.05, 0.1) is 18.4 Å². The van der Waals surface area contributed by atoms with Crippen LogP contribution < -0.4 is 10.1 Å². The highest BCUT2D eigenvalue weighted by Crippen LogP contribution is 2.23. The number of amides is 1. The number of anilines is 1. The first kappa shape index (κ1) is 15.5. The molecule has 1 heterocycles. The number of ether oxygens (including phenoxy) is 2. The van der Waals surface area contributed by atoms with Crippen LogP contribution in [0.1, 0.15) is 17.3 Å². The third-order valence-corrected chi connectivity index (χ3v) is 2.93. The summed E-state index contributed by atoms with van der Waals surface area (Å²) in [6.07, 6.45) is 2.03. The molecule has 2 rings (SSSR count). The van der Waals surface area contributed by atoms with E-state index >= 15 is 0 Å². The van der Waals surface area contributed by atoms with Crippen LogP contribution in [0.5, 0.6) is 5.75 Å². The molecule has 1 amide bonds. The highest BCUT2D eigenvalue weighted by Gasteiger charge is 2.19. The number of hydrogen-bond acceptors (Lipinski definition) is 5. The molecular formula is C16H16N2O4.